The normalized spacial score (nSPS) is 12.3. The van der Waals surface area contributed by atoms with Gasteiger partial charge in [-0.05, 0) is 42.5 Å². The molecule has 154 valence electrons. The van der Waals surface area contributed by atoms with E-state index in [1.165, 1.54) is 16.9 Å². The predicted octanol–water partition coefficient (Wildman–Crippen LogP) is 3.24. The largest absolute Gasteiger partial charge is 0.313 e. The lowest BCUT2D eigenvalue weighted by Gasteiger charge is -2.10. The maximum Gasteiger partial charge on any atom is 0.191 e. The van der Waals surface area contributed by atoms with Crippen molar-refractivity contribution in [3.63, 3.8) is 0 Å². The summed E-state index contributed by atoms with van der Waals surface area (Å²) in [5, 5.41) is 24.5. The first-order valence-corrected chi connectivity index (χ1v) is 9.42. The molecule has 0 aliphatic rings. The third kappa shape index (κ3) is 4.19. The van der Waals surface area contributed by atoms with E-state index in [9.17, 15) is 8.78 Å². The number of hydrogen-bond donors (Lipinski definition) is 1. The third-order valence-corrected chi connectivity index (χ3v) is 4.74. The molecule has 0 amide bonds. The predicted molar refractivity (Wildman–Crippen MR) is 106 cm³/mol. The SMILES string of the molecule is CC(NCc1nnc(-c2cc(F)cc(F)c2)n1C)c1nnn(-c2cccc(Cl)c2)n1. The zero-order chi connectivity index (χ0) is 21.3. The van der Waals surface area contributed by atoms with Gasteiger partial charge in [-0.15, -0.1) is 25.2 Å². The van der Waals surface area contributed by atoms with Gasteiger partial charge in [-0.2, -0.15) is 0 Å². The minimum Gasteiger partial charge on any atom is -0.313 e. The molecule has 4 rings (SSSR count). The highest BCUT2D eigenvalue weighted by Crippen LogP contribution is 2.20. The van der Waals surface area contributed by atoms with Crippen LogP contribution in [0.2, 0.25) is 5.02 Å². The number of benzene rings is 2. The molecule has 30 heavy (non-hydrogen) atoms. The summed E-state index contributed by atoms with van der Waals surface area (Å²) in [5.74, 6) is 0.0986. The molecule has 2 aromatic carbocycles. The molecule has 1 unspecified atom stereocenters. The van der Waals surface area contributed by atoms with Gasteiger partial charge in [0.2, 0.25) is 0 Å². The van der Waals surface area contributed by atoms with Gasteiger partial charge < -0.3 is 9.88 Å². The molecule has 8 nitrogen and oxygen atoms in total. The molecule has 0 bridgehead atoms. The van der Waals surface area contributed by atoms with E-state index < -0.39 is 11.6 Å². The van der Waals surface area contributed by atoms with Crippen LogP contribution in [-0.2, 0) is 13.6 Å². The number of hydrogen-bond acceptors (Lipinski definition) is 6. The first kappa shape index (κ1) is 20.0. The summed E-state index contributed by atoms with van der Waals surface area (Å²) in [6.45, 7) is 2.23. The fourth-order valence-corrected chi connectivity index (χ4v) is 3.08. The summed E-state index contributed by atoms with van der Waals surface area (Å²) in [6.07, 6.45) is 0. The zero-order valence-corrected chi connectivity index (χ0v) is 16.8. The zero-order valence-electron chi connectivity index (χ0n) is 16.1. The van der Waals surface area contributed by atoms with Crippen LogP contribution in [0.1, 0.15) is 24.6 Å². The summed E-state index contributed by atoms with van der Waals surface area (Å²) in [5.41, 5.74) is 1.02. The van der Waals surface area contributed by atoms with E-state index in [0.717, 1.165) is 6.07 Å². The van der Waals surface area contributed by atoms with Crippen LogP contribution in [-0.4, -0.2) is 35.0 Å². The molecule has 1 atom stereocenters. The number of tetrazole rings is 1. The summed E-state index contributed by atoms with van der Waals surface area (Å²) in [4.78, 5) is 1.40. The number of halogens is 3. The Kier molecular flexibility index (Phi) is 5.51. The summed E-state index contributed by atoms with van der Waals surface area (Å²) in [6, 6.07) is 10.1. The second-order valence-corrected chi connectivity index (χ2v) is 7.11. The highest BCUT2D eigenvalue weighted by atomic mass is 35.5. The first-order valence-electron chi connectivity index (χ1n) is 9.04. The second-order valence-electron chi connectivity index (χ2n) is 6.68. The third-order valence-electron chi connectivity index (χ3n) is 4.51. The molecule has 0 fully saturated rings. The quantitative estimate of drug-likeness (QED) is 0.505. The molecular formula is C19H17ClF2N8. The van der Waals surface area contributed by atoms with Crippen molar-refractivity contribution in [2.75, 3.05) is 0 Å². The van der Waals surface area contributed by atoms with E-state index in [1.807, 2.05) is 13.0 Å². The Bertz CT molecular complexity index is 1170. The van der Waals surface area contributed by atoms with Gasteiger partial charge >= 0.3 is 0 Å². The average molecular weight is 431 g/mol. The van der Waals surface area contributed by atoms with E-state index >= 15 is 0 Å². The second kappa shape index (κ2) is 8.25. The van der Waals surface area contributed by atoms with Gasteiger partial charge in [-0.25, -0.2) is 8.78 Å². The Morgan fingerprint density at radius 2 is 1.83 bits per heavy atom. The maximum atomic E-state index is 13.5. The topological polar surface area (TPSA) is 86.3 Å². The molecule has 0 saturated heterocycles. The van der Waals surface area contributed by atoms with Crippen molar-refractivity contribution in [2.45, 2.75) is 19.5 Å². The molecule has 2 heterocycles. The van der Waals surface area contributed by atoms with Crippen molar-refractivity contribution in [2.24, 2.45) is 7.05 Å². The van der Waals surface area contributed by atoms with Gasteiger partial charge in [-0.3, -0.25) is 0 Å². The smallest absolute Gasteiger partial charge is 0.191 e. The fourth-order valence-electron chi connectivity index (χ4n) is 2.89. The molecule has 0 aliphatic carbocycles. The monoisotopic (exact) mass is 430 g/mol. The first-order chi connectivity index (χ1) is 14.4. The van der Waals surface area contributed by atoms with Crippen molar-refractivity contribution in [1.29, 1.82) is 0 Å². The van der Waals surface area contributed by atoms with Crippen LogP contribution in [0.4, 0.5) is 8.78 Å². The Morgan fingerprint density at radius 3 is 2.57 bits per heavy atom. The molecule has 4 aromatic rings. The molecule has 0 saturated carbocycles. The van der Waals surface area contributed by atoms with Crippen molar-refractivity contribution < 1.29 is 8.78 Å². The number of nitrogens with zero attached hydrogens (tertiary/aromatic N) is 7. The van der Waals surface area contributed by atoms with Gasteiger partial charge in [-0.1, -0.05) is 17.7 Å². The van der Waals surface area contributed by atoms with Crippen LogP contribution >= 0.6 is 11.6 Å². The Balaban J connectivity index is 1.46. The fraction of sp³-hybridized carbons (Fsp3) is 0.211. The number of nitrogens with one attached hydrogen (secondary N) is 1. The summed E-state index contributed by atoms with van der Waals surface area (Å²) in [7, 11) is 1.73. The maximum absolute atomic E-state index is 13.5. The molecule has 11 heteroatoms. The minimum absolute atomic E-state index is 0.232. The van der Waals surface area contributed by atoms with Crippen molar-refractivity contribution in [3.8, 4) is 17.1 Å². The molecule has 0 radical (unpaired) electrons. The molecule has 2 aromatic heterocycles. The van der Waals surface area contributed by atoms with Crippen LogP contribution in [0.5, 0.6) is 0 Å². The van der Waals surface area contributed by atoms with Crippen molar-refractivity contribution in [1.82, 2.24) is 40.3 Å². The minimum atomic E-state index is -0.671. The van der Waals surface area contributed by atoms with E-state index in [4.69, 9.17) is 11.6 Å². The molecule has 0 spiro atoms. The van der Waals surface area contributed by atoms with E-state index in [2.05, 4.69) is 30.9 Å². The van der Waals surface area contributed by atoms with Gasteiger partial charge in [0.15, 0.2) is 11.6 Å². The molecule has 1 N–H and O–H groups in total. The highest BCUT2D eigenvalue weighted by molar-refractivity contribution is 6.30. The van der Waals surface area contributed by atoms with Crippen LogP contribution in [0, 0.1) is 11.6 Å². The van der Waals surface area contributed by atoms with Gasteiger partial charge in [0.1, 0.15) is 17.5 Å². The van der Waals surface area contributed by atoms with Crippen LogP contribution < -0.4 is 5.32 Å². The summed E-state index contributed by atoms with van der Waals surface area (Å²) >= 11 is 6.00. The van der Waals surface area contributed by atoms with E-state index in [0.29, 0.717) is 40.3 Å². The lowest BCUT2D eigenvalue weighted by atomic mass is 10.2. The molecular weight excluding hydrogens is 414 g/mol. The van der Waals surface area contributed by atoms with Crippen LogP contribution in [0.25, 0.3) is 17.1 Å². The number of aromatic nitrogens is 7. The standard InChI is InChI=1S/C19H17ClF2N8/c1-11(18-25-28-30(27-18)16-5-3-4-13(20)8-16)23-10-17-24-26-19(29(17)2)12-6-14(21)9-15(22)7-12/h3-9,11,23H,10H2,1-2H3. The van der Waals surface area contributed by atoms with Gasteiger partial charge in [0, 0.05) is 23.7 Å². The Morgan fingerprint density at radius 1 is 1.07 bits per heavy atom. The van der Waals surface area contributed by atoms with Crippen molar-refractivity contribution >= 4 is 11.6 Å². The summed E-state index contributed by atoms with van der Waals surface area (Å²) < 4.78 is 28.7. The lowest BCUT2D eigenvalue weighted by Crippen LogP contribution is -2.21. The molecule has 0 aliphatic heterocycles. The Hall–Kier alpha value is -3.24. The van der Waals surface area contributed by atoms with E-state index in [1.54, 1.807) is 29.8 Å². The van der Waals surface area contributed by atoms with Crippen LogP contribution in [0.15, 0.2) is 42.5 Å². The lowest BCUT2D eigenvalue weighted by molar-refractivity contribution is 0.524. The Labute approximate surface area is 175 Å². The van der Waals surface area contributed by atoms with Crippen molar-refractivity contribution in [3.05, 3.63) is 70.8 Å². The van der Waals surface area contributed by atoms with E-state index in [-0.39, 0.29) is 6.04 Å². The van der Waals surface area contributed by atoms with Gasteiger partial charge in [0.25, 0.3) is 0 Å². The van der Waals surface area contributed by atoms with Crippen LogP contribution in [0.3, 0.4) is 0 Å². The highest BCUT2D eigenvalue weighted by Gasteiger charge is 2.16. The average Bonchev–Trinajstić information content (AvgIpc) is 3.33. The number of rotatable bonds is 6. The van der Waals surface area contributed by atoms with Gasteiger partial charge in [0.05, 0.1) is 18.3 Å².